The number of nitrogens with zero attached hydrogens (tertiary/aromatic N) is 1. The van der Waals surface area contributed by atoms with Gasteiger partial charge in [0.1, 0.15) is 0 Å². The molecule has 0 saturated heterocycles. The topological polar surface area (TPSA) is 53.0 Å². The monoisotopic (exact) mass is 150 g/mol. The number of aromatic carboxylic acids is 1. The van der Waals surface area contributed by atoms with Crippen molar-refractivity contribution in [3.8, 4) is 0 Å². The summed E-state index contributed by atoms with van der Waals surface area (Å²) in [4.78, 5) is 13.9. The minimum atomic E-state index is -1.22. The molecule has 58 valence electrons. The van der Waals surface area contributed by atoms with E-state index in [1.807, 2.05) is 6.92 Å². The third kappa shape index (κ3) is 1.77. The average molecular weight is 150 g/mol. The first kappa shape index (κ1) is 7.72. The van der Waals surface area contributed by atoms with E-state index in [1.54, 1.807) is 6.07 Å². The second kappa shape index (κ2) is 3.14. The fourth-order valence-corrected chi connectivity index (χ4v) is 0.806. The highest BCUT2D eigenvalue weighted by atomic mass is 16.4. The van der Waals surface area contributed by atoms with Crippen molar-refractivity contribution >= 4 is 5.97 Å². The van der Waals surface area contributed by atoms with Crippen molar-refractivity contribution in [1.82, 2.24) is 4.98 Å². The lowest BCUT2D eigenvalue weighted by Crippen LogP contribution is -2.23. The highest BCUT2D eigenvalue weighted by Gasteiger charge is 1.94. The van der Waals surface area contributed by atoms with Crippen molar-refractivity contribution in [2.24, 2.45) is 0 Å². The summed E-state index contributed by atoms with van der Waals surface area (Å²) in [6.07, 6.45) is 2.28. The van der Waals surface area contributed by atoms with E-state index in [0.717, 1.165) is 12.0 Å². The Bertz CT molecular complexity index is 271. The van der Waals surface area contributed by atoms with Crippen LogP contribution < -0.4 is 5.11 Å². The van der Waals surface area contributed by atoms with Crippen LogP contribution >= 0.6 is 0 Å². The van der Waals surface area contributed by atoms with Crippen LogP contribution in [0, 0.1) is 0 Å². The molecule has 0 fully saturated rings. The first-order valence-corrected chi connectivity index (χ1v) is 3.40. The SMILES string of the molecule is CCc1ccnc(C(=O)[O-])c1. The van der Waals surface area contributed by atoms with Gasteiger partial charge < -0.3 is 9.90 Å². The molecule has 0 spiro atoms. The van der Waals surface area contributed by atoms with Crippen molar-refractivity contribution in [2.75, 3.05) is 0 Å². The fraction of sp³-hybridized carbons (Fsp3) is 0.250. The van der Waals surface area contributed by atoms with Crippen molar-refractivity contribution in [1.29, 1.82) is 0 Å². The molecular weight excluding hydrogens is 142 g/mol. The highest BCUT2D eigenvalue weighted by molar-refractivity contribution is 5.83. The van der Waals surface area contributed by atoms with Gasteiger partial charge in [0.25, 0.3) is 0 Å². The predicted octanol–water partition coefficient (Wildman–Crippen LogP) is 0.00750. The zero-order chi connectivity index (χ0) is 8.27. The van der Waals surface area contributed by atoms with Crippen molar-refractivity contribution < 1.29 is 9.90 Å². The molecule has 0 atom stereocenters. The number of rotatable bonds is 2. The van der Waals surface area contributed by atoms with E-state index in [9.17, 15) is 9.90 Å². The molecule has 11 heavy (non-hydrogen) atoms. The Kier molecular flexibility index (Phi) is 2.21. The maximum Gasteiger partial charge on any atom is 0.0900 e. The molecule has 1 heterocycles. The number of aryl methyl sites for hydroxylation is 1. The average Bonchev–Trinajstić information content (AvgIpc) is 2.05. The summed E-state index contributed by atoms with van der Waals surface area (Å²) in [5.41, 5.74) is 0.962. The van der Waals surface area contributed by atoms with Gasteiger partial charge in [-0.2, -0.15) is 0 Å². The molecule has 1 aromatic heterocycles. The Balaban J connectivity index is 3.01. The highest BCUT2D eigenvalue weighted by Crippen LogP contribution is 2.00. The van der Waals surface area contributed by atoms with E-state index in [-0.39, 0.29) is 5.69 Å². The number of carbonyl (C=O) groups is 1. The number of carboxylic acid groups (broad SMARTS) is 1. The van der Waals surface area contributed by atoms with Crippen LogP contribution in [0.5, 0.6) is 0 Å². The number of hydrogen-bond acceptors (Lipinski definition) is 3. The maximum absolute atomic E-state index is 10.3. The first-order valence-electron chi connectivity index (χ1n) is 3.40. The van der Waals surface area contributed by atoms with Gasteiger partial charge in [-0.05, 0) is 24.1 Å². The van der Waals surface area contributed by atoms with Gasteiger partial charge in [0, 0.05) is 6.20 Å². The van der Waals surface area contributed by atoms with E-state index >= 15 is 0 Å². The van der Waals surface area contributed by atoms with Gasteiger partial charge in [0.2, 0.25) is 0 Å². The molecular formula is C8H8NO2-. The number of carbonyl (C=O) groups excluding carboxylic acids is 1. The molecule has 0 saturated carbocycles. The van der Waals surface area contributed by atoms with Crippen LogP contribution in [0.2, 0.25) is 0 Å². The molecule has 0 N–H and O–H groups in total. The maximum atomic E-state index is 10.3. The quantitative estimate of drug-likeness (QED) is 0.596. The summed E-state index contributed by atoms with van der Waals surface area (Å²) in [6, 6.07) is 3.31. The molecule has 0 aromatic carbocycles. The normalized spacial score (nSPS) is 9.55. The largest absolute Gasteiger partial charge is 0.543 e. The van der Waals surface area contributed by atoms with Gasteiger partial charge in [-0.1, -0.05) is 6.92 Å². The molecule has 0 aliphatic carbocycles. The zero-order valence-corrected chi connectivity index (χ0v) is 6.20. The Labute approximate surface area is 64.7 Å². The van der Waals surface area contributed by atoms with Gasteiger partial charge in [0.05, 0.1) is 11.7 Å². The summed E-state index contributed by atoms with van der Waals surface area (Å²) in [6.45, 7) is 1.95. The molecule has 0 radical (unpaired) electrons. The second-order valence-corrected chi connectivity index (χ2v) is 2.19. The Morgan fingerprint density at radius 1 is 1.73 bits per heavy atom. The standard InChI is InChI=1S/C8H9NO2/c1-2-6-3-4-9-7(5-6)8(10)11/h3-5H,2H2,1H3,(H,10,11)/p-1. The van der Waals surface area contributed by atoms with Crippen LogP contribution in [0.3, 0.4) is 0 Å². The Morgan fingerprint density at radius 3 is 3.00 bits per heavy atom. The zero-order valence-electron chi connectivity index (χ0n) is 6.20. The number of hydrogen-bond donors (Lipinski definition) is 0. The van der Waals surface area contributed by atoms with E-state index < -0.39 is 5.97 Å². The molecule has 0 bridgehead atoms. The molecule has 0 aliphatic heterocycles. The van der Waals surface area contributed by atoms with Gasteiger partial charge >= 0.3 is 0 Å². The molecule has 0 unspecified atom stereocenters. The minimum Gasteiger partial charge on any atom is -0.543 e. The summed E-state index contributed by atoms with van der Waals surface area (Å²) >= 11 is 0. The van der Waals surface area contributed by atoms with Gasteiger partial charge in [-0.15, -0.1) is 0 Å². The molecule has 1 aromatic rings. The van der Waals surface area contributed by atoms with Crippen LogP contribution in [0.15, 0.2) is 18.3 Å². The first-order chi connectivity index (χ1) is 5.24. The second-order valence-electron chi connectivity index (χ2n) is 2.19. The van der Waals surface area contributed by atoms with Crippen LogP contribution in [0.4, 0.5) is 0 Å². The summed E-state index contributed by atoms with van der Waals surface area (Å²) in [5.74, 6) is -1.22. The van der Waals surface area contributed by atoms with Crippen LogP contribution in [0.25, 0.3) is 0 Å². The van der Waals surface area contributed by atoms with E-state index in [4.69, 9.17) is 0 Å². The summed E-state index contributed by atoms with van der Waals surface area (Å²) < 4.78 is 0. The van der Waals surface area contributed by atoms with Gasteiger partial charge in [-0.25, -0.2) is 0 Å². The molecule has 0 aliphatic rings. The summed E-state index contributed by atoms with van der Waals surface area (Å²) in [5, 5.41) is 10.3. The van der Waals surface area contributed by atoms with Gasteiger partial charge in [0.15, 0.2) is 0 Å². The van der Waals surface area contributed by atoms with E-state index in [1.165, 1.54) is 12.3 Å². The lowest BCUT2D eigenvalue weighted by atomic mass is 10.2. The number of carboxylic acids is 1. The predicted molar refractivity (Wildman–Crippen MR) is 37.9 cm³/mol. The third-order valence-corrected chi connectivity index (χ3v) is 1.44. The van der Waals surface area contributed by atoms with Gasteiger partial charge in [-0.3, -0.25) is 4.98 Å². The molecule has 3 heteroatoms. The van der Waals surface area contributed by atoms with Crippen molar-refractivity contribution in [3.63, 3.8) is 0 Å². The fourth-order valence-electron chi connectivity index (χ4n) is 0.806. The Morgan fingerprint density at radius 2 is 2.45 bits per heavy atom. The lowest BCUT2D eigenvalue weighted by Gasteiger charge is -2.01. The molecule has 1 rings (SSSR count). The van der Waals surface area contributed by atoms with E-state index in [2.05, 4.69) is 4.98 Å². The molecule has 3 nitrogen and oxygen atoms in total. The van der Waals surface area contributed by atoms with Crippen LogP contribution in [-0.2, 0) is 6.42 Å². The minimum absolute atomic E-state index is 0.00403. The molecule has 0 amide bonds. The number of aromatic nitrogens is 1. The van der Waals surface area contributed by atoms with E-state index in [0.29, 0.717) is 0 Å². The summed E-state index contributed by atoms with van der Waals surface area (Å²) in [7, 11) is 0. The van der Waals surface area contributed by atoms with Crippen molar-refractivity contribution in [3.05, 3.63) is 29.6 Å². The van der Waals surface area contributed by atoms with Crippen molar-refractivity contribution in [2.45, 2.75) is 13.3 Å². The smallest absolute Gasteiger partial charge is 0.0900 e. The number of pyridine rings is 1. The van der Waals surface area contributed by atoms with Crippen LogP contribution in [-0.4, -0.2) is 11.0 Å². The van der Waals surface area contributed by atoms with Crippen LogP contribution in [0.1, 0.15) is 23.0 Å². The lowest BCUT2D eigenvalue weighted by molar-refractivity contribution is -0.255. The Hall–Kier alpha value is -1.38. The third-order valence-electron chi connectivity index (χ3n) is 1.44.